The smallest absolute Gasteiger partial charge is 0.326 e. The summed E-state index contributed by atoms with van der Waals surface area (Å²) in [7, 11) is 0. The largest absolute Gasteiger partial charge is 0.506 e. The summed E-state index contributed by atoms with van der Waals surface area (Å²) in [6.45, 7) is 6.83. The van der Waals surface area contributed by atoms with Gasteiger partial charge in [-0.2, -0.15) is 0 Å². The highest BCUT2D eigenvalue weighted by Gasteiger charge is 2.16. The Balaban J connectivity index is 2.66. The summed E-state index contributed by atoms with van der Waals surface area (Å²) in [5.74, 6) is 0.113. The lowest BCUT2D eigenvalue weighted by molar-refractivity contribution is 0.344. The van der Waals surface area contributed by atoms with Crippen molar-refractivity contribution in [2.24, 2.45) is 5.41 Å². The van der Waals surface area contributed by atoms with Gasteiger partial charge in [-0.1, -0.05) is 26.8 Å². The summed E-state index contributed by atoms with van der Waals surface area (Å²) in [6, 6.07) is 5.14. The number of benzene rings is 1. The molecule has 16 heavy (non-hydrogen) atoms. The van der Waals surface area contributed by atoms with E-state index < -0.39 is 0 Å². The van der Waals surface area contributed by atoms with E-state index in [1.54, 1.807) is 16.7 Å². The van der Waals surface area contributed by atoms with Gasteiger partial charge >= 0.3 is 5.69 Å². The molecule has 0 saturated carbocycles. The zero-order valence-electron chi connectivity index (χ0n) is 9.74. The minimum atomic E-state index is -0.175. The summed E-state index contributed by atoms with van der Waals surface area (Å²) in [5, 5.41) is 9.62. The monoisotopic (exact) mass is 220 g/mol. The van der Waals surface area contributed by atoms with E-state index in [4.69, 9.17) is 0 Å². The fourth-order valence-electron chi connectivity index (χ4n) is 1.80. The zero-order chi connectivity index (χ0) is 11.9. The number of rotatable bonds is 1. The highest BCUT2D eigenvalue weighted by Crippen LogP contribution is 2.23. The third-order valence-corrected chi connectivity index (χ3v) is 2.42. The van der Waals surface area contributed by atoms with E-state index >= 15 is 0 Å². The summed E-state index contributed by atoms with van der Waals surface area (Å²) in [4.78, 5) is 14.4. The second-order valence-electron chi connectivity index (χ2n) is 5.25. The van der Waals surface area contributed by atoms with E-state index in [-0.39, 0.29) is 16.9 Å². The van der Waals surface area contributed by atoms with Crippen LogP contribution in [0.15, 0.2) is 23.0 Å². The molecule has 0 fully saturated rings. The molecular formula is C12H16N2O2. The van der Waals surface area contributed by atoms with E-state index in [2.05, 4.69) is 25.8 Å². The van der Waals surface area contributed by atoms with Crippen molar-refractivity contribution in [1.29, 1.82) is 0 Å². The quantitative estimate of drug-likeness (QED) is 0.773. The van der Waals surface area contributed by atoms with E-state index in [0.29, 0.717) is 12.1 Å². The Kier molecular flexibility index (Phi) is 2.30. The number of hydrogen-bond donors (Lipinski definition) is 2. The van der Waals surface area contributed by atoms with Gasteiger partial charge in [0.2, 0.25) is 0 Å². The maximum Gasteiger partial charge on any atom is 0.326 e. The van der Waals surface area contributed by atoms with Crippen molar-refractivity contribution in [2.45, 2.75) is 27.3 Å². The number of para-hydroxylation sites is 1. The van der Waals surface area contributed by atoms with Crippen LogP contribution in [0.2, 0.25) is 0 Å². The molecule has 1 heterocycles. The molecule has 4 heteroatoms. The van der Waals surface area contributed by atoms with E-state index in [1.807, 2.05) is 6.07 Å². The van der Waals surface area contributed by atoms with Crippen LogP contribution in [-0.4, -0.2) is 14.7 Å². The van der Waals surface area contributed by atoms with Gasteiger partial charge in [0.05, 0.1) is 5.52 Å². The number of phenols is 1. The third-order valence-electron chi connectivity index (χ3n) is 2.42. The van der Waals surface area contributed by atoms with Crippen molar-refractivity contribution < 1.29 is 5.11 Å². The third kappa shape index (κ3) is 1.83. The van der Waals surface area contributed by atoms with Gasteiger partial charge in [-0.25, -0.2) is 4.79 Å². The molecule has 0 aliphatic heterocycles. The van der Waals surface area contributed by atoms with Gasteiger partial charge < -0.3 is 10.1 Å². The van der Waals surface area contributed by atoms with Gasteiger partial charge in [-0.15, -0.1) is 0 Å². The molecule has 0 radical (unpaired) electrons. The normalized spacial score (nSPS) is 12.2. The average Bonchev–Trinajstić information content (AvgIpc) is 2.44. The molecule has 2 rings (SSSR count). The Hall–Kier alpha value is -1.71. The van der Waals surface area contributed by atoms with Gasteiger partial charge in [0.15, 0.2) is 0 Å². The number of imidazole rings is 1. The fraction of sp³-hybridized carbons (Fsp3) is 0.417. The molecule has 0 aliphatic rings. The molecule has 0 bridgehead atoms. The van der Waals surface area contributed by atoms with Gasteiger partial charge in [0.1, 0.15) is 11.3 Å². The van der Waals surface area contributed by atoms with Crippen LogP contribution >= 0.6 is 0 Å². The van der Waals surface area contributed by atoms with Crippen molar-refractivity contribution in [3.63, 3.8) is 0 Å². The number of phenolic OH excluding ortho intramolecular Hbond substituents is 1. The van der Waals surface area contributed by atoms with Gasteiger partial charge in [0.25, 0.3) is 0 Å². The van der Waals surface area contributed by atoms with Crippen LogP contribution in [0.25, 0.3) is 11.0 Å². The van der Waals surface area contributed by atoms with Gasteiger partial charge in [0, 0.05) is 6.54 Å². The Bertz CT molecular complexity index is 573. The molecule has 0 unspecified atom stereocenters. The molecule has 0 saturated heterocycles. The predicted octanol–water partition coefficient (Wildman–Crippen LogP) is 2.08. The van der Waals surface area contributed by atoms with Crippen molar-refractivity contribution >= 4 is 11.0 Å². The van der Waals surface area contributed by atoms with E-state index in [0.717, 1.165) is 5.52 Å². The van der Waals surface area contributed by atoms with Crippen molar-refractivity contribution in [3.05, 3.63) is 28.7 Å². The van der Waals surface area contributed by atoms with Crippen LogP contribution < -0.4 is 5.69 Å². The number of aromatic amines is 1. The Morgan fingerprint density at radius 2 is 2.06 bits per heavy atom. The lowest BCUT2D eigenvalue weighted by Gasteiger charge is -2.18. The molecule has 0 atom stereocenters. The lowest BCUT2D eigenvalue weighted by atomic mass is 9.97. The first kappa shape index (κ1) is 10.8. The topological polar surface area (TPSA) is 58.0 Å². The number of aromatic nitrogens is 2. The Labute approximate surface area is 93.5 Å². The predicted molar refractivity (Wildman–Crippen MR) is 63.7 cm³/mol. The summed E-state index contributed by atoms with van der Waals surface area (Å²) in [6.07, 6.45) is 0. The maximum atomic E-state index is 11.8. The Morgan fingerprint density at radius 3 is 2.69 bits per heavy atom. The lowest BCUT2D eigenvalue weighted by Crippen LogP contribution is -2.24. The molecule has 1 aromatic carbocycles. The maximum absolute atomic E-state index is 11.8. The number of nitrogens with zero attached hydrogens (tertiary/aromatic N) is 1. The molecule has 86 valence electrons. The van der Waals surface area contributed by atoms with Crippen molar-refractivity contribution in [2.75, 3.05) is 0 Å². The first-order chi connectivity index (χ1) is 7.38. The molecule has 0 aliphatic carbocycles. The van der Waals surface area contributed by atoms with Crippen LogP contribution in [0.4, 0.5) is 0 Å². The van der Waals surface area contributed by atoms with Crippen LogP contribution in [0.3, 0.4) is 0 Å². The number of H-pyrrole nitrogens is 1. The summed E-state index contributed by atoms with van der Waals surface area (Å²) in [5.41, 5.74) is 1.10. The van der Waals surface area contributed by atoms with Crippen molar-refractivity contribution in [3.8, 4) is 5.75 Å². The standard InChI is InChI=1S/C12H16N2O2/c1-12(2,3)7-14-8-5-4-6-9(15)10(8)13-11(14)16/h4-6,15H,7H2,1-3H3,(H,13,16). The summed E-state index contributed by atoms with van der Waals surface area (Å²) < 4.78 is 1.66. The first-order valence-corrected chi connectivity index (χ1v) is 5.29. The summed E-state index contributed by atoms with van der Waals surface area (Å²) >= 11 is 0. The second-order valence-corrected chi connectivity index (χ2v) is 5.25. The molecule has 0 amide bonds. The number of nitrogens with one attached hydrogen (secondary N) is 1. The molecule has 1 aromatic heterocycles. The van der Waals surface area contributed by atoms with Crippen LogP contribution in [0.5, 0.6) is 5.75 Å². The molecule has 4 nitrogen and oxygen atoms in total. The minimum Gasteiger partial charge on any atom is -0.506 e. The molecular weight excluding hydrogens is 204 g/mol. The first-order valence-electron chi connectivity index (χ1n) is 5.29. The van der Waals surface area contributed by atoms with E-state index in [9.17, 15) is 9.90 Å². The molecule has 2 aromatic rings. The van der Waals surface area contributed by atoms with Crippen LogP contribution in [0, 0.1) is 5.41 Å². The van der Waals surface area contributed by atoms with E-state index in [1.165, 1.54) is 0 Å². The zero-order valence-corrected chi connectivity index (χ0v) is 9.74. The van der Waals surface area contributed by atoms with Crippen molar-refractivity contribution in [1.82, 2.24) is 9.55 Å². The SMILES string of the molecule is CC(C)(C)Cn1c(=O)[nH]c2c(O)cccc21. The number of hydrogen-bond acceptors (Lipinski definition) is 2. The molecule has 2 N–H and O–H groups in total. The van der Waals surface area contributed by atoms with Crippen LogP contribution in [0.1, 0.15) is 20.8 Å². The number of fused-ring (bicyclic) bond motifs is 1. The number of aromatic hydroxyl groups is 1. The highest BCUT2D eigenvalue weighted by atomic mass is 16.3. The highest BCUT2D eigenvalue weighted by molar-refractivity contribution is 5.81. The van der Waals surface area contributed by atoms with Gasteiger partial charge in [-0.3, -0.25) is 4.57 Å². The fourth-order valence-corrected chi connectivity index (χ4v) is 1.80. The van der Waals surface area contributed by atoms with Gasteiger partial charge in [-0.05, 0) is 17.5 Å². The molecule has 0 spiro atoms. The Morgan fingerprint density at radius 1 is 1.38 bits per heavy atom. The second kappa shape index (κ2) is 3.40. The minimum absolute atomic E-state index is 0.0183. The average molecular weight is 220 g/mol. The van der Waals surface area contributed by atoms with Crippen LogP contribution in [-0.2, 0) is 6.54 Å².